The Morgan fingerprint density at radius 2 is 1.45 bits per heavy atom. The molecule has 0 unspecified atom stereocenters. The normalized spacial score (nSPS) is 10.5. The summed E-state index contributed by atoms with van der Waals surface area (Å²) in [5, 5.41) is 5.97. The van der Waals surface area contributed by atoms with E-state index >= 15 is 0 Å². The molecule has 3 aromatic rings. The zero-order chi connectivity index (χ0) is 20.6. The highest BCUT2D eigenvalue weighted by Gasteiger charge is 2.17. The van der Waals surface area contributed by atoms with E-state index in [2.05, 4.69) is 10.6 Å². The van der Waals surface area contributed by atoms with Crippen molar-refractivity contribution in [3.05, 3.63) is 89.7 Å². The highest BCUT2D eigenvalue weighted by atomic mass is 19.1. The maximum atomic E-state index is 13.3. The molecule has 1 amide bonds. The molecule has 0 aliphatic rings. The fraction of sp³-hybridized carbons (Fsp3) is 0.174. The predicted octanol–water partition coefficient (Wildman–Crippen LogP) is 4.16. The lowest BCUT2D eigenvalue weighted by Crippen LogP contribution is -2.34. The number of benzene rings is 3. The van der Waals surface area contributed by atoms with Crippen molar-refractivity contribution in [2.75, 3.05) is 26.1 Å². The Balaban J connectivity index is 1.76. The van der Waals surface area contributed by atoms with Crippen molar-refractivity contribution in [2.45, 2.75) is 6.04 Å². The molecule has 0 heterocycles. The van der Waals surface area contributed by atoms with Crippen LogP contribution in [0.3, 0.4) is 0 Å². The molecule has 2 N–H and O–H groups in total. The number of hydrogen-bond acceptors (Lipinski definition) is 4. The van der Waals surface area contributed by atoms with Crippen LogP contribution in [0.4, 0.5) is 10.1 Å². The van der Waals surface area contributed by atoms with E-state index in [9.17, 15) is 9.18 Å². The van der Waals surface area contributed by atoms with Crippen LogP contribution in [0.15, 0.2) is 72.8 Å². The van der Waals surface area contributed by atoms with E-state index in [1.54, 1.807) is 26.4 Å². The highest BCUT2D eigenvalue weighted by molar-refractivity contribution is 5.81. The Hall–Kier alpha value is -3.54. The van der Waals surface area contributed by atoms with Crippen LogP contribution < -0.4 is 20.1 Å². The summed E-state index contributed by atoms with van der Waals surface area (Å²) in [5.41, 5.74) is 2.37. The van der Waals surface area contributed by atoms with E-state index in [0.717, 1.165) is 22.6 Å². The van der Waals surface area contributed by atoms with E-state index in [1.165, 1.54) is 12.1 Å². The van der Waals surface area contributed by atoms with Crippen LogP contribution in [-0.4, -0.2) is 26.7 Å². The molecule has 0 spiro atoms. The molecule has 0 saturated heterocycles. The first-order valence-corrected chi connectivity index (χ1v) is 9.16. The Morgan fingerprint density at radius 3 is 1.93 bits per heavy atom. The van der Waals surface area contributed by atoms with E-state index < -0.39 is 0 Å². The van der Waals surface area contributed by atoms with Gasteiger partial charge in [-0.3, -0.25) is 4.79 Å². The lowest BCUT2D eigenvalue weighted by molar-refractivity contribution is -0.119. The van der Waals surface area contributed by atoms with Crippen LogP contribution in [0, 0.1) is 5.82 Å². The van der Waals surface area contributed by atoms with Gasteiger partial charge in [0, 0.05) is 5.69 Å². The van der Waals surface area contributed by atoms with Gasteiger partial charge in [-0.15, -0.1) is 0 Å². The average Bonchev–Trinajstić information content (AvgIpc) is 2.76. The maximum Gasteiger partial charge on any atom is 0.240 e. The number of methoxy groups -OCH3 is 2. The van der Waals surface area contributed by atoms with Gasteiger partial charge in [0.25, 0.3) is 0 Å². The lowest BCUT2D eigenvalue weighted by atomic mass is 9.98. The molecule has 6 heteroatoms. The van der Waals surface area contributed by atoms with Crippen LogP contribution in [0.1, 0.15) is 17.2 Å². The monoisotopic (exact) mass is 394 g/mol. The van der Waals surface area contributed by atoms with Gasteiger partial charge < -0.3 is 20.1 Å². The molecule has 0 fully saturated rings. The Bertz CT molecular complexity index is 896. The van der Waals surface area contributed by atoms with Gasteiger partial charge in [-0.2, -0.15) is 0 Å². The van der Waals surface area contributed by atoms with Gasteiger partial charge in [-0.05, 0) is 53.6 Å². The van der Waals surface area contributed by atoms with Crippen molar-refractivity contribution >= 4 is 11.6 Å². The van der Waals surface area contributed by atoms with Gasteiger partial charge in [0.05, 0.1) is 26.8 Å². The molecule has 0 aliphatic heterocycles. The molecule has 0 radical (unpaired) electrons. The first kappa shape index (κ1) is 20.2. The van der Waals surface area contributed by atoms with Crippen molar-refractivity contribution in [1.82, 2.24) is 5.32 Å². The number of amides is 1. The number of nitrogens with one attached hydrogen (secondary N) is 2. The van der Waals surface area contributed by atoms with Gasteiger partial charge in [0.2, 0.25) is 5.91 Å². The van der Waals surface area contributed by atoms with Crippen LogP contribution >= 0.6 is 0 Å². The fourth-order valence-corrected chi connectivity index (χ4v) is 2.94. The molecule has 150 valence electrons. The third-order valence-electron chi connectivity index (χ3n) is 4.48. The molecule has 0 saturated carbocycles. The minimum Gasteiger partial charge on any atom is -0.497 e. The topological polar surface area (TPSA) is 59.6 Å². The Kier molecular flexibility index (Phi) is 6.68. The number of halogens is 1. The Morgan fingerprint density at radius 1 is 0.897 bits per heavy atom. The first-order valence-electron chi connectivity index (χ1n) is 9.16. The third kappa shape index (κ3) is 5.48. The molecule has 29 heavy (non-hydrogen) atoms. The second kappa shape index (κ2) is 9.59. The minimum absolute atomic E-state index is 0.0201. The van der Waals surface area contributed by atoms with Gasteiger partial charge in [-0.1, -0.05) is 30.3 Å². The summed E-state index contributed by atoms with van der Waals surface area (Å²) in [6.07, 6.45) is 0. The molecule has 3 aromatic carbocycles. The summed E-state index contributed by atoms with van der Waals surface area (Å²) >= 11 is 0. The van der Waals surface area contributed by atoms with E-state index in [0.29, 0.717) is 5.69 Å². The van der Waals surface area contributed by atoms with Gasteiger partial charge in [0.1, 0.15) is 17.3 Å². The number of hydrogen-bond donors (Lipinski definition) is 2. The molecule has 0 atom stereocenters. The summed E-state index contributed by atoms with van der Waals surface area (Å²) < 4.78 is 23.7. The standard InChI is InChI=1S/C23H23FN2O3/c1-28-20-10-6-16(7-11-20)23(17-8-12-21(29-2)13-9-17)26-22(27)15-25-19-5-3-4-18(24)14-19/h3-14,23,25H,15H2,1-2H3,(H,26,27). The van der Waals surface area contributed by atoms with Crippen molar-refractivity contribution < 1.29 is 18.7 Å². The second-order valence-corrected chi connectivity index (χ2v) is 6.41. The van der Waals surface area contributed by atoms with Gasteiger partial charge in [-0.25, -0.2) is 4.39 Å². The number of carbonyl (C=O) groups excluding carboxylic acids is 1. The quantitative estimate of drug-likeness (QED) is 0.602. The largest absolute Gasteiger partial charge is 0.497 e. The molecular formula is C23H23FN2O3. The summed E-state index contributed by atoms with van der Waals surface area (Å²) in [4.78, 5) is 12.6. The zero-order valence-corrected chi connectivity index (χ0v) is 16.3. The van der Waals surface area contributed by atoms with Gasteiger partial charge >= 0.3 is 0 Å². The second-order valence-electron chi connectivity index (χ2n) is 6.41. The van der Waals surface area contributed by atoms with Crippen molar-refractivity contribution in [3.8, 4) is 11.5 Å². The van der Waals surface area contributed by atoms with E-state index in [4.69, 9.17) is 9.47 Å². The molecular weight excluding hydrogens is 371 g/mol. The van der Waals surface area contributed by atoms with Crippen LogP contribution in [-0.2, 0) is 4.79 Å². The number of carbonyl (C=O) groups is 1. The number of ether oxygens (including phenoxy) is 2. The van der Waals surface area contributed by atoms with E-state index in [-0.39, 0.29) is 24.3 Å². The highest BCUT2D eigenvalue weighted by Crippen LogP contribution is 2.26. The number of rotatable bonds is 8. The zero-order valence-electron chi connectivity index (χ0n) is 16.3. The van der Waals surface area contributed by atoms with Crippen molar-refractivity contribution in [1.29, 1.82) is 0 Å². The number of anilines is 1. The molecule has 0 aromatic heterocycles. The summed E-state index contributed by atoms with van der Waals surface area (Å²) in [6.45, 7) is 0.0201. The summed E-state index contributed by atoms with van der Waals surface area (Å²) in [6, 6.07) is 20.7. The third-order valence-corrected chi connectivity index (χ3v) is 4.48. The van der Waals surface area contributed by atoms with Crippen LogP contribution in [0.2, 0.25) is 0 Å². The Labute approximate surface area is 169 Å². The molecule has 3 rings (SSSR count). The lowest BCUT2D eigenvalue weighted by Gasteiger charge is -2.21. The summed E-state index contributed by atoms with van der Waals surface area (Å²) in [7, 11) is 3.21. The SMILES string of the molecule is COc1ccc(C(NC(=O)CNc2cccc(F)c2)c2ccc(OC)cc2)cc1. The fourth-order valence-electron chi connectivity index (χ4n) is 2.94. The minimum atomic E-state index is -0.357. The van der Waals surface area contributed by atoms with Crippen molar-refractivity contribution in [3.63, 3.8) is 0 Å². The summed E-state index contributed by atoms with van der Waals surface area (Å²) in [5.74, 6) is 0.901. The molecule has 0 aliphatic carbocycles. The average molecular weight is 394 g/mol. The van der Waals surface area contributed by atoms with Crippen molar-refractivity contribution in [2.24, 2.45) is 0 Å². The predicted molar refractivity (Wildman–Crippen MR) is 111 cm³/mol. The molecule has 5 nitrogen and oxygen atoms in total. The molecule has 0 bridgehead atoms. The maximum absolute atomic E-state index is 13.3. The van der Waals surface area contributed by atoms with E-state index in [1.807, 2.05) is 48.5 Å². The van der Waals surface area contributed by atoms with Crippen LogP contribution in [0.5, 0.6) is 11.5 Å². The first-order chi connectivity index (χ1) is 14.1. The van der Waals surface area contributed by atoms with Crippen LogP contribution in [0.25, 0.3) is 0 Å². The smallest absolute Gasteiger partial charge is 0.240 e. The van der Waals surface area contributed by atoms with Gasteiger partial charge in [0.15, 0.2) is 0 Å².